The largest absolute Gasteiger partial charge is 0.496 e. The molecule has 3 nitrogen and oxygen atoms in total. The number of carbonyl (C=O) groups is 1. The van der Waals surface area contributed by atoms with E-state index in [1.165, 1.54) is 0 Å². The summed E-state index contributed by atoms with van der Waals surface area (Å²) >= 11 is 3.51. The second-order valence-electron chi connectivity index (χ2n) is 4.41. The zero-order valence-electron chi connectivity index (χ0n) is 9.65. The number of methoxy groups -OCH3 is 1. The van der Waals surface area contributed by atoms with E-state index in [1.54, 1.807) is 7.11 Å². The van der Waals surface area contributed by atoms with Crippen molar-refractivity contribution < 1.29 is 14.6 Å². The van der Waals surface area contributed by atoms with Gasteiger partial charge in [-0.25, -0.2) is 0 Å². The van der Waals surface area contributed by atoms with Gasteiger partial charge < -0.3 is 9.84 Å². The lowest BCUT2D eigenvalue weighted by Gasteiger charge is -2.17. The van der Waals surface area contributed by atoms with E-state index in [4.69, 9.17) is 9.84 Å². The molecular weight excluding hydrogens is 284 g/mol. The van der Waals surface area contributed by atoms with Crippen molar-refractivity contribution in [2.45, 2.75) is 25.2 Å². The molecule has 92 valence electrons. The number of hydrogen-bond acceptors (Lipinski definition) is 2. The van der Waals surface area contributed by atoms with Crippen LogP contribution in [0.15, 0.2) is 22.7 Å². The van der Waals surface area contributed by atoms with Crippen molar-refractivity contribution in [2.24, 2.45) is 5.92 Å². The third kappa shape index (κ3) is 2.80. The minimum atomic E-state index is -0.739. The minimum Gasteiger partial charge on any atom is -0.496 e. The first-order valence-electron chi connectivity index (χ1n) is 5.67. The van der Waals surface area contributed by atoms with Gasteiger partial charge in [-0.3, -0.25) is 4.79 Å². The molecule has 1 aliphatic carbocycles. The maximum Gasteiger partial charge on any atom is 0.303 e. The molecule has 1 fully saturated rings. The summed E-state index contributed by atoms with van der Waals surface area (Å²) in [7, 11) is 1.62. The quantitative estimate of drug-likeness (QED) is 0.906. The van der Waals surface area contributed by atoms with Crippen LogP contribution in [-0.2, 0) is 4.79 Å². The van der Waals surface area contributed by atoms with Crippen LogP contribution in [0.3, 0.4) is 0 Å². The fraction of sp³-hybridized carbons (Fsp3) is 0.462. The van der Waals surface area contributed by atoms with Gasteiger partial charge in [0.05, 0.1) is 18.0 Å². The molecule has 1 unspecified atom stereocenters. The van der Waals surface area contributed by atoms with E-state index >= 15 is 0 Å². The van der Waals surface area contributed by atoms with Crippen LogP contribution >= 0.6 is 15.9 Å². The summed E-state index contributed by atoms with van der Waals surface area (Å²) in [6.07, 6.45) is 2.44. The Balaban J connectivity index is 2.31. The second-order valence-corrected chi connectivity index (χ2v) is 5.20. The number of hydrogen-bond donors (Lipinski definition) is 1. The molecule has 0 aliphatic heterocycles. The van der Waals surface area contributed by atoms with E-state index in [1.807, 2.05) is 18.2 Å². The number of ether oxygens (including phenoxy) is 1. The first kappa shape index (κ1) is 12.4. The van der Waals surface area contributed by atoms with Gasteiger partial charge in [0.15, 0.2) is 0 Å². The standard InChI is InChI=1S/C13H15BrO3/c1-17-11-4-2-3-9(13(11)14)10(7-12(15)16)8-5-6-8/h2-4,8,10H,5-7H2,1H3,(H,15,16). The molecule has 2 rings (SSSR count). The van der Waals surface area contributed by atoms with Crippen LogP contribution in [0, 0.1) is 5.92 Å². The monoisotopic (exact) mass is 298 g/mol. The minimum absolute atomic E-state index is 0.0944. The van der Waals surface area contributed by atoms with Crippen molar-refractivity contribution in [1.82, 2.24) is 0 Å². The molecule has 0 amide bonds. The fourth-order valence-electron chi connectivity index (χ4n) is 2.19. The van der Waals surface area contributed by atoms with E-state index in [0.29, 0.717) is 5.92 Å². The molecule has 4 heteroatoms. The van der Waals surface area contributed by atoms with E-state index < -0.39 is 5.97 Å². The molecule has 1 N–H and O–H groups in total. The Morgan fingerprint density at radius 2 is 2.29 bits per heavy atom. The molecule has 1 atom stereocenters. The Hall–Kier alpha value is -1.03. The summed E-state index contributed by atoms with van der Waals surface area (Å²) in [4.78, 5) is 10.9. The lowest BCUT2D eigenvalue weighted by molar-refractivity contribution is -0.137. The number of rotatable bonds is 5. The Bertz CT molecular complexity index is 427. The van der Waals surface area contributed by atoms with Crippen molar-refractivity contribution in [3.05, 3.63) is 28.2 Å². The first-order valence-corrected chi connectivity index (χ1v) is 6.47. The number of benzene rings is 1. The zero-order valence-corrected chi connectivity index (χ0v) is 11.2. The fourth-order valence-corrected chi connectivity index (χ4v) is 2.91. The van der Waals surface area contributed by atoms with Crippen LogP contribution in [0.1, 0.15) is 30.7 Å². The lowest BCUT2D eigenvalue weighted by Crippen LogP contribution is -2.09. The van der Waals surface area contributed by atoms with Crippen LogP contribution in [0.2, 0.25) is 0 Å². The summed E-state index contributed by atoms with van der Waals surface area (Å²) in [5.41, 5.74) is 1.05. The van der Waals surface area contributed by atoms with E-state index in [2.05, 4.69) is 15.9 Å². The normalized spacial score (nSPS) is 16.6. The second kappa shape index (κ2) is 5.08. The Kier molecular flexibility index (Phi) is 3.72. The van der Waals surface area contributed by atoms with Crippen LogP contribution < -0.4 is 4.74 Å². The van der Waals surface area contributed by atoms with Crippen molar-refractivity contribution in [3.63, 3.8) is 0 Å². The third-order valence-corrected chi connectivity index (χ3v) is 4.05. The summed E-state index contributed by atoms with van der Waals surface area (Å²) in [5.74, 6) is 0.627. The molecule has 1 aliphatic rings. The van der Waals surface area contributed by atoms with Crippen molar-refractivity contribution in [3.8, 4) is 5.75 Å². The molecule has 17 heavy (non-hydrogen) atoms. The average Bonchev–Trinajstić information content (AvgIpc) is 3.10. The van der Waals surface area contributed by atoms with Gasteiger partial charge in [0, 0.05) is 0 Å². The number of aliphatic carboxylic acids is 1. The molecule has 1 saturated carbocycles. The van der Waals surface area contributed by atoms with Crippen LogP contribution in [0.5, 0.6) is 5.75 Å². The number of carboxylic acid groups (broad SMARTS) is 1. The molecule has 0 heterocycles. The van der Waals surface area contributed by atoms with Gasteiger partial charge in [-0.2, -0.15) is 0 Å². The maximum absolute atomic E-state index is 10.9. The van der Waals surface area contributed by atoms with Crippen molar-refractivity contribution in [1.29, 1.82) is 0 Å². The van der Waals surface area contributed by atoms with Crippen molar-refractivity contribution in [2.75, 3.05) is 7.11 Å². The zero-order chi connectivity index (χ0) is 12.4. The molecule has 0 spiro atoms. The lowest BCUT2D eigenvalue weighted by atomic mass is 9.91. The van der Waals surface area contributed by atoms with E-state index in [0.717, 1.165) is 28.6 Å². The predicted molar refractivity (Wildman–Crippen MR) is 68.4 cm³/mol. The topological polar surface area (TPSA) is 46.5 Å². The van der Waals surface area contributed by atoms with Gasteiger partial charge in [-0.15, -0.1) is 0 Å². The maximum atomic E-state index is 10.9. The van der Waals surface area contributed by atoms with Gasteiger partial charge in [-0.1, -0.05) is 12.1 Å². The first-order chi connectivity index (χ1) is 8.13. The molecule has 0 aromatic heterocycles. The smallest absolute Gasteiger partial charge is 0.303 e. The molecule has 1 aromatic carbocycles. The predicted octanol–water partition coefficient (Wildman–Crippen LogP) is 3.43. The molecule has 0 saturated heterocycles. The third-order valence-electron chi connectivity index (χ3n) is 3.20. The van der Waals surface area contributed by atoms with Gasteiger partial charge in [0.25, 0.3) is 0 Å². The van der Waals surface area contributed by atoms with E-state index in [-0.39, 0.29) is 12.3 Å². The Morgan fingerprint density at radius 3 is 2.82 bits per heavy atom. The van der Waals surface area contributed by atoms with Crippen molar-refractivity contribution >= 4 is 21.9 Å². The van der Waals surface area contributed by atoms with Crippen LogP contribution in [-0.4, -0.2) is 18.2 Å². The molecule has 0 bridgehead atoms. The molecule has 0 radical (unpaired) electrons. The highest BCUT2D eigenvalue weighted by atomic mass is 79.9. The van der Waals surface area contributed by atoms with Crippen LogP contribution in [0.25, 0.3) is 0 Å². The number of carboxylic acids is 1. The molecule has 1 aromatic rings. The SMILES string of the molecule is COc1cccc(C(CC(=O)O)C2CC2)c1Br. The molecular formula is C13H15BrO3. The summed E-state index contributed by atoms with van der Waals surface area (Å²) < 4.78 is 6.14. The Labute approximate surface area is 109 Å². The summed E-state index contributed by atoms with van der Waals surface area (Å²) in [6, 6.07) is 5.77. The average molecular weight is 299 g/mol. The van der Waals surface area contributed by atoms with Gasteiger partial charge in [-0.05, 0) is 52.2 Å². The highest BCUT2D eigenvalue weighted by Gasteiger charge is 2.35. The van der Waals surface area contributed by atoms with Gasteiger partial charge in [0.1, 0.15) is 5.75 Å². The summed E-state index contributed by atoms with van der Waals surface area (Å²) in [5, 5.41) is 8.99. The van der Waals surface area contributed by atoms with E-state index in [9.17, 15) is 4.79 Å². The van der Waals surface area contributed by atoms with Gasteiger partial charge in [0.2, 0.25) is 0 Å². The highest BCUT2D eigenvalue weighted by Crippen LogP contribution is 2.47. The Morgan fingerprint density at radius 1 is 1.59 bits per heavy atom. The number of halogens is 1. The summed E-state index contributed by atoms with van der Waals surface area (Å²) in [6.45, 7) is 0. The highest BCUT2D eigenvalue weighted by molar-refractivity contribution is 9.10. The van der Waals surface area contributed by atoms with Gasteiger partial charge >= 0.3 is 5.97 Å². The van der Waals surface area contributed by atoms with Crippen LogP contribution in [0.4, 0.5) is 0 Å².